The van der Waals surface area contributed by atoms with Crippen LogP contribution in [0.15, 0.2) is 206 Å². The third-order valence-electron chi connectivity index (χ3n) is 11.0. The van der Waals surface area contributed by atoms with Crippen LogP contribution >= 0.6 is 0 Å². The third kappa shape index (κ3) is 5.48. The Hall–Kier alpha value is -6.64. The van der Waals surface area contributed by atoms with Gasteiger partial charge in [0.05, 0.1) is 11.0 Å². The number of para-hydroxylation sites is 2. The molecule has 55 heavy (non-hydrogen) atoms. The number of nitrogens with zero attached hydrogens (tertiary/aromatic N) is 2. The first-order chi connectivity index (χ1) is 27.2. The molecule has 11 rings (SSSR count). The van der Waals surface area contributed by atoms with Crippen molar-refractivity contribution in [3.05, 3.63) is 206 Å². The van der Waals surface area contributed by atoms with Crippen molar-refractivity contribution >= 4 is 83.4 Å². The zero-order chi connectivity index (χ0) is 36.3. The summed E-state index contributed by atoms with van der Waals surface area (Å²) in [5.74, 6) is 0. The van der Waals surface area contributed by atoms with Crippen molar-refractivity contribution in [2.75, 3.05) is 4.90 Å². The van der Waals surface area contributed by atoms with E-state index in [9.17, 15) is 0 Å². The number of benzene rings is 9. The molecule has 0 aliphatic carbocycles. The Morgan fingerprint density at radius 2 is 0.891 bits per heavy atom. The summed E-state index contributed by atoms with van der Waals surface area (Å²) in [5.41, 5.74) is 11.9. The quantitative estimate of drug-likeness (QED) is 0.153. The average Bonchev–Trinajstić information content (AvgIpc) is 3.80. The van der Waals surface area contributed by atoms with Gasteiger partial charge in [0.15, 0.2) is 0 Å². The van der Waals surface area contributed by atoms with Crippen molar-refractivity contribution in [2.24, 2.45) is 0 Å². The summed E-state index contributed by atoms with van der Waals surface area (Å²) in [4.78, 5) is 2.40. The van der Waals surface area contributed by atoms with Gasteiger partial charge in [-0.1, -0.05) is 60.7 Å². The van der Waals surface area contributed by atoms with Crippen LogP contribution in [0.3, 0.4) is 0 Å². The molecule has 0 fully saturated rings. The van der Waals surface area contributed by atoms with Crippen LogP contribution < -0.4 is 4.90 Å². The van der Waals surface area contributed by atoms with E-state index in [-0.39, 0.29) is 0 Å². The van der Waals surface area contributed by atoms with Gasteiger partial charge in [0, 0.05) is 11.1 Å². The summed E-state index contributed by atoms with van der Waals surface area (Å²) < 4.78 is 5.28. The van der Waals surface area contributed by atoms with Crippen LogP contribution in [0, 0.1) is 0 Å². The maximum atomic E-state index is 2.40. The van der Waals surface area contributed by atoms with Gasteiger partial charge in [-0.05, 0) is 23.6 Å². The molecule has 2 aromatic heterocycles. The molecule has 2 nitrogen and oxygen atoms in total. The number of hydrogen-bond acceptors (Lipinski definition) is 1. The zero-order valence-electron chi connectivity index (χ0n) is 29.9. The van der Waals surface area contributed by atoms with Gasteiger partial charge in [-0.2, -0.15) is 0 Å². The summed E-state index contributed by atoms with van der Waals surface area (Å²) >= 11 is 0.326. The van der Waals surface area contributed by atoms with E-state index in [4.69, 9.17) is 0 Å². The molecule has 2 heterocycles. The predicted octanol–water partition coefficient (Wildman–Crippen LogP) is 14.1. The maximum absolute atomic E-state index is 2.40. The summed E-state index contributed by atoms with van der Waals surface area (Å²) in [6.07, 6.45) is 0. The van der Waals surface area contributed by atoms with Crippen LogP contribution in [-0.4, -0.2) is 19.1 Å². The molecule has 11 aromatic rings. The molecule has 0 amide bonds. The number of fused-ring (bicyclic) bond motifs is 7. The smallest absolute Gasteiger partial charge is 0.0602 e. The van der Waals surface area contributed by atoms with E-state index < -0.39 is 0 Å². The SMILES string of the molecule is c1ccc(-n2c3ccccc3c3cc(-c4ccc(N(c5ccc(-c6ccc7ccccc7c6)cc5)c5ccc6[se]c7ccccc7c6c5)cc4)ccc32)cc1. The molecule has 0 aliphatic rings. The van der Waals surface area contributed by atoms with E-state index in [1.54, 1.807) is 0 Å². The Morgan fingerprint density at radius 1 is 0.327 bits per heavy atom. The molecule has 0 unspecified atom stereocenters. The molecule has 0 radical (unpaired) electrons. The fraction of sp³-hybridized carbons (Fsp3) is 0. The van der Waals surface area contributed by atoms with E-state index >= 15 is 0 Å². The van der Waals surface area contributed by atoms with Crippen LogP contribution in [0.1, 0.15) is 0 Å². The Morgan fingerprint density at radius 3 is 1.67 bits per heavy atom. The standard InChI is InChI=1S/C52H34N2Se/c1-2-12-41(13-3-1)54-49-16-8-6-14-45(49)47-33-40(24-30-50(47)54)37-22-27-43(28-23-37)53(44-29-31-52-48(34-44)46-15-7-9-17-51(46)55-52)42-25-20-36(21-26-42)39-19-18-35-10-4-5-11-38(35)32-39/h1-34H. The number of rotatable bonds is 6. The minimum Gasteiger partial charge on any atom is -0.0602 e. The average molecular weight is 766 g/mol. The van der Waals surface area contributed by atoms with Crippen molar-refractivity contribution in [1.29, 1.82) is 0 Å². The van der Waals surface area contributed by atoms with Gasteiger partial charge >= 0.3 is 216 Å². The van der Waals surface area contributed by atoms with Gasteiger partial charge in [-0.25, -0.2) is 0 Å². The van der Waals surface area contributed by atoms with Gasteiger partial charge in [-0.15, -0.1) is 0 Å². The minimum atomic E-state index is 0.326. The van der Waals surface area contributed by atoms with Crippen molar-refractivity contribution in [3.8, 4) is 27.9 Å². The van der Waals surface area contributed by atoms with Crippen LogP contribution in [0.5, 0.6) is 0 Å². The monoisotopic (exact) mass is 766 g/mol. The van der Waals surface area contributed by atoms with Gasteiger partial charge in [0.25, 0.3) is 0 Å². The molecule has 0 saturated heterocycles. The topological polar surface area (TPSA) is 8.17 Å². The van der Waals surface area contributed by atoms with Crippen molar-refractivity contribution < 1.29 is 0 Å². The fourth-order valence-corrected chi connectivity index (χ4v) is 10.6. The summed E-state index contributed by atoms with van der Waals surface area (Å²) in [6.45, 7) is 0. The second-order valence-corrected chi connectivity index (χ2v) is 16.5. The molecule has 0 bridgehead atoms. The summed E-state index contributed by atoms with van der Waals surface area (Å²) in [5, 5.41) is 7.76. The molecule has 0 aliphatic heterocycles. The van der Waals surface area contributed by atoms with Crippen molar-refractivity contribution in [2.45, 2.75) is 0 Å². The molecular weight excluding hydrogens is 732 g/mol. The van der Waals surface area contributed by atoms with Gasteiger partial charge in [0.2, 0.25) is 0 Å². The van der Waals surface area contributed by atoms with Gasteiger partial charge < -0.3 is 4.57 Å². The summed E-state index contributed by atoms with van der Waals surface area (Å²) in [7, 11) is 0. The van der Waals surface area contributed by atoms with Crippen LogP contribution in [0.4, 0.5) is 17.1 Å². The Labute approximate surface area is 325 Å². The van der Waals surface area contributed by atoms with Crippen molar-refractivity contribution in [3.63, 3.8) is 0 Å². The summed E-state index contributed by atoms with van der Waals surface area (Å²) in [6, 6.07) is 75.6. The first-order valence-corrected chi connectivity index (χ1v) is 20.5. The Balaban J connectivity index is 1.01. The van der Waals surface area contributed by atoms with E-state index in [0.29, 0.717) is 14.5 Å². The molecule has 258 valence electrons. The zero-order valence-corrected chi connectivity index (χ0v) is 31.6. The van der Waals surface area contributed by atoms with E-state index in [0.717, 1.165) is 17.1 Å². The van der Waals surface area contributed by atoms with E-state index in [2.05, 4.69) is 216 Å². The molecule has 9 aromatic carbocycles. The normalized spacial score (nSPS) is 11.6. The molecule has 0 spiro atoms. The van der Waals surface area contributed by atoms with Gasteiger partial charge in [-0.3, -0.25) is 0 Å². The first kappa shape index (κ1) is 31.8. The molecule has 3 heteroatoms. The fourth-order valence-electron chi connectivity index (χ4n) is 8.28. The van der Waals surface area contributed by atoms with E-state index in [1.807, 2.05) is 0 Å². The third-order valence-corrected chi connectivity index (χ3v) is 13.4. The molecule has 0 atom stereocenters. The number of aromatic nitrogens is 1. The number of anilines is 3. The Bertz CT molecular complexity index is 3190. The Kier molecular flexibility index (Phi) is 7.55. The molecule has 0 saturated carbocycles. The molecule has 0 N–H and O–H groups in total. The minimum absolute atomic E-state index is 0.326. The second-order valence-electron chi connectivity index (χ2n) is 14.2. The predicted molar refractivity (Wildman–Crippen MR) is 236 cm³/mol. The van der Waals surface area contributed by atoms with E-state index in [1.165, 1.54) is 79.8 Å². The van der Waals surface area contributed by atoms with Gasteiger partial charge in [0.1, 0.15) is 0 Å². The molecular formula is C52H34N2Se. The van der Waals surface area contributed by atoms with Crippen LogP contribution in [0.25, 0.3) is 79.8 Å². The second kappa shape index (κ2) is 13.0. The van der Waals surface area contributed by atoms with Crippen LogP contribution in [-0.2, 0) is 0 Å². The first-order valence-electron chi connectivity index (χ1n) is 18.7. The number of hydrogen-bond donors (Lipinski definition) is 0. The van der Waals surface area contributed by atoms with Crippen molar-refractivity contribution in [1.82, 2.24) is 4.57 Å². The van der Waals surface area contributed by atoms with Crippen LogP contribution in [0.2, 0.25) is 0 Å².